The number of carboxylic acid groups (broad SMARTS) is 1. The van der Waals surface area contributed by atoms with E-state index in [4.69, 9.17) is 14.6 Å². The number of benzene rings is 2. The van der Waals surface area contributed by atoms with Crippen molar-refractivity contribution in [2.75, 3.05) is 13.2 Å². The number of carbonyl (C=O) groups is 2. The fourth-order valence-electron chi connectivity index (χ4n) is 1.79. The summed E-state index contributed by atoms with van der Waals surface area (Å²) >= 11 is 0. The number of hydrogen-bond acceptors (Lipinski definition) is 5. The highest BCUT2D eigenvalue weighted by atomic mass is 16.5. The van der Waals surface area contributed by atoms with Gasteiger partial charge in [0.1, 0.15) is 11.5 Å². The van der Waals surface area contributed by atoms with Gasteiger partial charge in [-0.1, -0.05) is 17.7 Å². The summed E-state index contributed by atoms with van der Waals surface area (Å²) in [7, 11) is 0. The van der Waals surface area contributed by atoms with E-state index < -0.39 is 12.6 Å². The van der Waals surface area contributed by atoms with Crippen LogP contribution in [-0.4, -0.2) is 36.4 Å². The standard InChI is InChI=1S/C18H18N2O5/c1-13-2-6-15(7-3-13)24-11-17(21)20-19-10-14-4-8-16(9-5-14)25-12-18(22)23/h2-10H,11-12H2,1H3,(H,20,21)(H,22,23). The summed E-state index contributed by atoms with van der Waals surface area (Å²) in [5.74, 6) is -0.365. The van der Waals surface area contributed by atoms with Crippen molar-refractivity contribution in [3.05, 3.63) is 59.7 Å². The summed E-state index contributed by atoms with van der Waals surface area (Å²) in [6.07, 6.45) is 1.46. The number of hydrazone groups is 1. The van der Waals surface area contributed by atoms with Crippen molar-refractivity contribution >= 4 is 18.1 Å². The van der Waals surface area contributed by atoms with Crippen LogP contribution in [0, 0.1) is 6.92 Å². The molecule has 0 spiro atoms. The molecular weight excluding hydrogens is 324 g/mol. The largest absolute Gasteiger partial charge is 0.484 e. The maximum atomic E-state index is 11.7. The minimum atomic E-state index is -1.04. The number of amides is 1. The predicted octanol–water partition coefficient (Wildman–Crippen LogP) is 1.99. The molecule has 25 heavy (non-hydrogen) atoms. The lowest BCUT2D eigenvalue weighted by atomic mass is 10.2. The van der Waals surface area contributed by atoms with E-state index in [1.807, 2.05) is 19.1 Å². The van der Waals surface area contributed by atoms with Gasteiger partial charge in [0.2, 0.25) is 0 Å². The molecule has 0 bridgehead atoms. The monoisotopic (exact) mass is 342 g/mol. The molecule has 0 fully saturated rings. The van der Waals surface area contributed by atoms with Crippen LogP contribution in [0.15, 0.2) is 53.6 Å². The number of nitrogens with one attached hydrogen (secondary N) is 1. The highest BCUT2D eigenvalue weighted by Crippen LogP contribution is 2.11. The zero-order valence-corrected chi connectivity index (χ0v) is 13.6. The quantitative estimate of drug-likeness (QED) is 0.565. The van der Waals surface area contributed by atoms with E-state index >= 15 is 0 Å². The van der Waals surface area contributed by atoms with E-state index in [-0.39, 0.29) is 12.5 Å². The van der Waals surface area contributed by atoms with Crippen molar-refractivity contribution in [1.29, 1.82) is 0 Å². The van der Waals surface area contributed by atoms with Gasteiger partial charge in [-0.25, -0.2) is 10.2 Å². The molecule has 0 saturated carbocycles. The lowest BCUT2D eigenvalue weighted by Crippen LogP contribution is -2.24. The van der Waals surface area contributed by atoms with Gasteiger partial charge in [-0.2, -0.15) is 5.10 Å². The Hall–Kier alpha value is -3.35. The van der Waals surface area contributed by atoms with Crippen molar-refractivity contribution < 1.29 is 24.2 Å². The Morgan fingerprint density at radius 3 is 2.16 bits per heavy atom. The Kier molecular flexibility index (Phi) is 6.53. The molecule has 0 heterocycles. The average molecular weight is 342 g/mol. The first kappa shape index (κ1) is 18.0. The van der Waals surface area contributed by atoms with Gasteiger partial charge in [0, 0.05) is 0 Å². The number of aryl methyl sites for hydroxylation is 1. The molecular formula is C18H18N2O5. The molecule has 1 amide bonds. The highest BCUT2D eigenvalue weighted by molar-refractivity contribution is 5.83. The smallest absolute Gasteiger partial charge is 0.341 e. The van der Waals surface area contributed by atoms with E-state index in [0.29, 0.717) is 11.5 Å². The van der Waals surface area contributed by atoms with Gasteiger partial charge >= 0.3 is 5.97 Å². The van der Waals surface area contributed by atoms with E-state index in [0.717, 1.165) is 11.1 Å². The first-order chi connectivity index (χ1) is 12.0. The van der Waals surface area contributed by atoms with Crippen LogP contribution in [0.3, 0.4) is 0 Å². The molecule has 0 atom stereocenters. The number of rotatable bonds is 8. The summed E-state index contributed by atoms with van der Waals surface area (Å²) in [4.78, 5) is 22.1. The number of nitrogens with zero attached hydrogens (tertiary/aromatic N) is 1. The van der Waals surface area contributed by atoms with Crippen LogP contribution in [-0.2, 0) is 9.59 Å². The lowest BCUT2D eigenvalue weighted by molar-refractivity contribution is -0.139. The predicted molar refractivity (Wildman–Crippen MR) is 92.0 cm³/mol. The molecule has 2 aromatic carbocycles. The van der Waals surface area contributed by atoms with E-state index in [9.17, 15) is 9.59 Å². The molecule has 0 aliphatic heterocycles. The van der Waals surface area contributed by atoms with Crippen molar-refractivity contribution in [2.45, 2.75) is 6.92 Å². The molecule has 130 valence electrons. The number of aliphatic carboxylic acids is 1. The van der Waals surface area contributed by atoms with Crippen LogP contribution < -0.4 is 14.9 Å². The maximum Gasteiger partial charge on any atom is 0.341 e. The van der Waals surface area contributed by atoms with Gasteiger partial charge in [0.25, 0.3) is 5.91 Å². The van der Waals surface area contributed by atoms with Crippen LogP contribution in [0.1, 0.15) is 11.1 Å². The van der Waals surface area contributed by atoms with Gasteiger partial charge in [-0.05, 0) is 48.9 Å². The first-order valence-corrected chi connectivity index (χ1v) is 7.49. The molecule has 2 aromatic rings. The first-order valence-electron chi connectivity index (χ1n) is 7.49. The Balaban J connectivity index is 1.74. The molecule has 0 unspecified atom stereocenters. The van der Waals surface area contributed by atoms with Crippen LogP contribution in [0.5, 0.6) is 11.5 Å². The minimum Gasteiger partial charge on any atom is -0.484 e. The van der Waals surface area contributed by atoms with Gasteiger partial charge in [0.05, 0.1) is 6.21 Å². The summed E-state index contributed by atoms with van der Waals surface area (Å²) in [6.45, 7) is 1.43. The summed E-state index contributed by atoms with van der Waals surface area (Å²) in [5.41, 5.74) is 4.20. The van der Waals surface area contributed by atoms with Gasteiger partial charge in [-0.3, -0.25) is 4.79 Å². The van der Waals surface area contributed by atoms with Gasteiger partial charge in [0.15, 0.2) is 13.2 Å². The zero-order valence-electron chi connectivity index (χ0n) is 13.6. The molecule has 2 N–H and O–H groups in total. The number of carboxylic acids is 1. The third kappa shape index (κ3) is 6.74. The van der Waals surface area contributed by atoms with Crippen molar-refractivity contribution in [3.63, 3.8) is 0 Å². The van der Waals surface area contributed by atoms with Crippen molar-refractivity contribution in [3.8, 4) is 11.5 Å². The highest BCUT2D eigenvalue weighted by Gasteiger charge is 2.01. The minimum absolute atomic E-state index is 0.137. The van der Waals surface area contributed by atoms with Crippen molar-refractivity contribution in [1.82, 2.24) is 5.43 Å². The third-order valence-corrected chi connectivity index (χ3v) is 3.04. The van der Waals surface area contributed by atoms with Crippen LogP contribution in [0.2, 0.25) is 0 Å². The second-order valence-corrected chi connectivity index (χ2v) is 5.15. The Bertz CT molecular complexity index is 739. The van der Waals surface area contributed by atoms with Gasteiger partial charge in [-0.15, -0.1) is 0 Å². The third-order valence-electron chi connectivity index (χ3n) is 3.04. The van der Waals surface area contributed by atoms with Crippen LogP contribution in [0.4, 0.5) is 0 Å². The molecule has 0 aliphatic carbocycles. The lowest BCUT2D eigenvalue weighted by Gasteiger charge is -2.05. The Labute approximate surface area is 144 Å². The number of ether oxygens (including phenoxy) is 2. The molecule has 7 heteroatoms. The van der Waals surface area contributed by atoms with E-state index in [1.54, 1.807) is 36.4 Å². The molecule has 0 saturated heterocycles. The van der Waals surface area contributed by atoms with E-state index in [2.05, 4.69) is 10.5 Å². The summed E-state index contributed by atoms with van der Waals surface area (Å²) < 4.78 is 10.4. The van der Waals surface area contributed by atoms with Crippen molar-refractivity contribution in [2.24, 2.45) is 5.10 Å². The zero-order chi connectivity index (χ0) is 18.1. The van der Waals surface area contributed by atoms with Crippen LogP contribution >= 0.6 is 0 Å². The average Bonchev–Trinajstić information content (AvgIpc) is 2.60. The normalized spacial score (nSPS) is 10.4. The summed E-state index contributed by atoms with van der Waals surface area (Å²) in [5, 5.41) is 12.4. The molecule has 0 aromatic heterocycles. The number of carbonyl (C=O) groups excluding carboxylic acids is 1. The topological polar surface area (TPSA) is 97.2 Å². The fourth-order valence-corrected chi connectivity index (χ4v) is 1.79. The maximum absolute atomic E-state index is 11.7. The summed E-state index contributed by atoms with van der Waals surface area (Å²) in [6, 6.07) is 14.0. The Morgan fingerprint density at radius 2 is 1.56 bits per heavy atom. The second-order valence-electron chi connectivity index (χ2n) is 5.15. The van der Waals surface area contributed by atoms with E-state index in [1.165, 1.54) is 6.21 Å². The Morgan fingerprint density at radius 1 is 1.00 bits per heavy atom. The second kappa shape index (κ2) is 9.07. The molecule has 7 nitrogen and oxygen atoms in total. The SMILES string of the molecule is Cc1ccc(OCC(=O)NN=Cc2ccc(OCC(=O)O)cc2)cc1. The van der Waals surface area contributed by atoms with Gasteiger partial charge < -0.3 is 14.6 Å². The molecule has 0 radical (unpaired) electrons. The number of hydrogen-bond donors (Lipinski definition) is 2. The molecule has 2 rings (SSSR count). The van der Waals surface area contributed by atoms with Crippen LogP contribution in [0.25, 0.3) is 0 Å². The fraction of sp³-hybridized carbons (Fsp3) is 0.167. The molecule has 0 aliphatic rings.